The Morgan fingerprint density at radius 1 is 1.53 bits per heavy atom. The Bertz CT molecular complexity index is 453. The molecule has 0 bridgehead atoms. The fourth-order valence-electron chi connectivity index (χ4n) is 1.32. The summed E-state index contributed by atoms with van der Waals surface area (Å²) in [7, 11) is 2.00. The first kappa shape index (κ1) is 10.3. The van der Waals surface area contributed by atoms with E-state index in [0.29, 0.717) is 6.54 Å². The molecule has 0 aliphatic carbocycles. The molecule has 5 heteroatoms. The molecular formula is C10H14N4S. The standard InChI is InChI=1S/C10H14N4S/c1-7(5-11)14(2)9-4-3-8-10(13-9)12-6-15-8/h3-4,6-7H,5,11H2,1-2H3. The van der Waals surface area contributed by atoms with Crippen molar-refractivity contribution < 1.29 is 0 Å². The summed E-state index contributed by atoms with van der Waals surface area (Å²) in [5.74, 6) is 0.923. The number of anilines is 1. The minimum absolute atomic E-state index is 0.286. The summed E-state index contributed by atoms with van der Waals surface area (Å²) < 4.78 is 1.12. The van der Waals surface area contributed by atoms with Crippen LogP contribution in [0.25, 0.3) is 10.3 Å². The number of hydrogen-bond acceptors (Lipinski definition) is 5. The van der Waals surface area contributed by atoms with Gasteiger partial charge in [-0.15, -0.1) is 11.3 Å². The highest BCUT2D eigenvalue weighted by atomic mass is 32.1. The Morgan fingerprint density at radius 2 is 2.33 bits per heavy atom. The van der Waals surface area contributed by atoms with Gasteiger partial charge in [-0.2, -0.15) is 0 Å². The van der Waals surface area contributed by atoms with Gasteiger partial charge in [0.05, 0.1) is 10.2 Å². The second-order valence-electron chi connectivity index (χ2n) is 3.54. The van der Waals surface area contributed by atoms with Crippen LogP contribution in [-0.4, -0.2) is 29.6 Å². The first-order chi connectivity index (χ1) is 7.22. The predicted molar refractivity (Wildman–Crippen MR) is 64.3 cm³/mol. The van der Waals surface area contributed by atoms with Crippen molar-refractivity contribution >= 4 is 27.5 Å². The maximum Gasteiger partial charge on any atom is 0.172 e. The highest BCUT2D eigenvalue weighted by Gasteiger charge is 2.10. The van der Waals surface area contributed by atoms with Gasteiger partial charge in [-0.05, 0) is 19.1 Å². The Labute approximate surface area is 92.8 Å². The molecule has 2 aromatic rings. The minimum atomic E-state index is 0.286. The average Bonchev–Trinajstić information content (AvgIpc) is 2.73. The molecule has 0 aromatic carbocycles. The molecular weight excluding hydrogens is 208 g/mol. The molecule has 80 valence electrons. The monoisotopic (exact) mass is 222 g/mol. The second kappa shape index (κ2) is 4.12. The number of thiazole rings is 1. The highest BCUT2D eigenvalue weighted by molar-refractivity contribution is 7.16. The molecule has 0 amide bonds. The molecule has 0 saturated carbocycles. The molecule has 4 nitrogen and oxygen atoms in total. The fraction of sp³-hybridized carbons (Fsp3) is 0.400. The number of nitrogens with zero attached hydrogens (tertiary/aromatic N) is 3. The normalized spacial score (nSPS) is 13.0. The van der Waals surface area contributed by atoms with Crippen LogP contribution in [0.15, 0.2) is 17.6 Å². The summed E-state index contributed by atoms with van der Waals surface area (Å²) in [6.07, 6.45) is 0. The zero-order chi connectivity index (χ0) is 10.8. The summed E-state index contributed by atoms with van der Waals surface area (Å²) in [5, 5.41) is 0. The topological polar surface area (TPSA) is 55.0 Å². The number of hydrogen-bond donors (Lipinski definition) is 1. The van der Waals surface area contributed by atoms with E-state index in [9.17, 15) is 0 Å². The van der Waals surface area contributed by atoms with Crippen molar-refractivity contribution in [1.29, 1.82) is 0 Å². The Morgan fingerprint density at radius 3 is 3.07 bits per heavy atom. The van der Waals surface area contributed by atoms with Gasteiger partial charge in [-0.1, -0.05) is 0 Å². The van der Waals surface area contributed by atoms with Gasteiger partial charge in [-0.3, -0.25) is 0 Å². The lowest BCUT2D eigenvalue weighted by Crippen LogP contribution is -2.35. The van der Waals surface area contributed by atoms with Crippen LogP contribution in [-0.2, 0) is 0 Å². The van der Waals surface area contributed by atoms with Crippen molar-refractivity contribution in [2.75, 3.05) is 18.5 Å². The van der Waals surface area contributed by atoms with Crippen LogP contribution in [0, 0.1) is 0 Å². The number of aromatic nitrogens is 2. The van der Waals surface area contributed by atoms with Crippen LogP contribution < -0.4 is 10.6 Å². The van der Waals surface area contributed by atoms with Crippen LogP contribution in [0.5, 0.6) is 0 Å². The van der Waals surface area contributed by atoms with Gasteiger partial charge in [0.15, 0.2) is 5.65 Å². The second-order valence-corrected chi connectivity index (χ2v) is 4.43. The quantitative estimate of drug-likeness (QED) is 0.854. The van der Waals surface area contributed by atoms with E-state index in [4.69, 9.17) is 5.73 Å². The van der Waals surface area contributed by atoms with Crippen LogP contribution in [0.1, 0.15) is 6.92 Å². The van der Waals surface area contributed by atoms with E-state index in [1.165, 1.54) is 0 Å². The van der Waals surface area contributed by atoms with E-state index < -0.39 is 0 Å². The van der Waals surface area contributed by atoms with Gasteiger partial charge in [0.1, 0.15) is 5.82 Å². The zero-order valence-electron chi connectivity index (χ0n) is 8.84. The van der Waals surface area contributed by atoms with E-state index in [2.05, 4.69) is 27.9 Å². The maximum absolute atomic E-state index is 5.62. The molecule has 1 atom stereocenters. The summed E-state index contributed by atoms with van der Waals surface area (Å²) in [4.78, 5) is 10.7. The molecule has 0 radical (unpaired) electrons. The molecule has 2 aromatic heterocycles. The lowest BCUT2D eigenvalue weighted by Gasteiger charge is -2.24. The fourth-order valence-corrected chi connectivity index (χ4v) is 1.94. The molecule has 0 fully saturated rings. The Kier molecular flexibility index (Phi) is 2.83. The average molecular weight is 222 g/mol. The SMILES string of the molecule is CC(CN)N(C)c1ccc2scnc2n1. The lowest BCUT2D eigenvalue weighted by atomic mass is 10.3. The Balaban J connectivity index is 2.35. The van der Waals surface area contributed by atoms with Crippen molar-refractivity contribution in [1.82, 2.24) is 9.97 Å². The van der Waals surface area contributed by atoms with Crippen LogP contribution >= 0.6 is 11.3 Å². The summed E-state index contributed by atoms with van der Waals surface area (Å²) in [6, 6.07) is 4.34. The van der Waals surface area contributed by atoms with E-state index >= 15 is 0 Å². The van der Waals surface area contributed by atoms with Crippen LogP contribution in [0.2, 0.25) is 0 Å². The number of likely N-dealkylation sites (N-methyl/N-ethyl adjacent to an activating group) is 1. The van der Waals surface area contributed by atoms with Crippen molar-refractivity contribution in [2.45, 2.75) is 13.0 Å². The van der Waals surface area contributed by atoms with E-state index in [1.807, 2.05) is 18.6 Å². The minimum Gasteiger partial charge on any atom is -0.356 e. The van der Waals surface area contributed by atoms with Crippen LogP contribution in [0.4, 0.5) is 5.82 Å². The largest absolute Gasteiger partial charge is 0.356 e. The van der Waals surface area contributed by atoms with Crippen LogP contribution in [0.3, 0.4) is 0 Å². The lowest BCUT2D eigenvalue weighted by molar-refractivity contribution is 0.688. The molecule has 1 unspecified atom stereocenters. The Hall–Kier alpha value is -1.20. The first-order valence-corrected chi connectivity index (χ1v) is 5.73. The molecule has 15 heavy (non-hydrogen) atoms. The van der Waals surface area contributed by atoms with E-state index in [-0.39, 0.29) is 6.04 Å². The van der Waals surface area contributed by atoms with Gasteiger partial charge in [0, 0.05) is 19.6 Å². The van der Waals surface area contributed by atoms with Gasteiger partial charge in [0.25, 0.3) is 0 Å². The highest BCUT2D eigenvalue weighted by Crippen LogP contribution is 2.20. The van der Waals surface area contributed by atoms with Gasteiger partial charge >= 0.3 is 0 Å². The van der Waals surface area contributed by atoms with Crippen molar-refractivity contribution in [2.24, 2.45) is 5.73 Å². The summed E-state index contributed by atoms with van der Waals surface area (Å²) >= 11 is 1.61. The summed E-state index contributed by atoms with van der Waals surface area (Å²) in [6.45, 7) is 2.69. The number of pyridine rings is 1. The van der Waals surface area contributed by atoms with Gasteiger partial charge < -0.3 is 10.6 Å². The van der Waals surface area contributed by atoms with Crippen molar-refractivity contribution in [3.8, 4) is 0 Å². The zero-order valence-corrected chi connectivity index (χ0v) is 9.66. The first-order valence-electron chi connectivity index (χ1n) is 4.85. The molecule has 2 heterocycles. The number of nitrogens with two attached hydrogens (primary N) is 1. The molecule has 0 aliphatic heterocycles. The third-order valence-electron chi connectivity index (χ3n) is 2.54. The number of fused-ring (bicyclic) bond motifs is 1. The molecule has 2 rings (SSSR count). The molecule has 2 N–H and O–H groups in total. The molecule has 0 spiro atoms. The smallest absolute Gasteiger partial charge is 0.172 e. The van der Waals surface area contributed by atoms with Gasteiger partial charge in [-0.25, -0.2) is 9.97 Å². The molecule has 0 aliphatic rings. The third-order valence-corrected chi connectivity index (χ3v) is 3.33. The van der Waals surface area contributed by atoms with Crippen molar-refractivity contribution in [3.63, 3.8) is 0 Å². The predicted octanol–water partition coefficient (Wildman–Crippen LogP) is 1.47. The maximum atomic E-state index is 5.62. The van der Waals surface area contributed by atoms with E-state index in [1.54, 1.807) is 11.3 Å². The molecule has 0 saturated heterocycles. The number of rotatable bonds is 3. The van der Waals surface area contributed by atoms with Crippen molar-refractivity contribution in [3.05, 3.63) is 17.6 Å². The van der Waals surface area contributed by atoms with Gasteiger partial charge in [0.2, 0.25) is 0 Å². The summed E-state index contributed by atoms with van der Waals surface area (Å²) in [5.41, 5.74) is 8.25. The van der Waals surface area contributed by atoms with E-state index in [0.717, 1.165) is 16.2 Å². The third kappa shape index (κ3) is 1.93.